The molecule has 0 aromatic heterocycles. The Morgan fingerprint density at radius 3 is 2.47 bits per heavy atom. The minimum atomic E-state index is -2.51. The molecule has 1 spiro atoms. The van der Waals surface area contributed by atoms with Crippen molar-refractivity contribution in [3.8, 4) is 0 Å². The molecule has 2 saturated carbocycles. The molecule has 11 atom stereocenters. The molecule has 2 bridgehead atoms. The molecule has 2 heterocycles. The first-order valence-electron chi connectivity index (χ1n) is 10.1. The average Bonchev–Trinajstić information content (AvgIpc) is 2.91. The van der Waals surface area contributed by atoms with E-state index < -0.39 is 82.7 Å². The Morgan fingerprint density at radius 1 is 1.17 bits per heavy atom. The van der Waals surface area contributed by atoms with E-state index in [4.69, 9.17) is 9.47 Å². The van der Waals surface area contributed by atoms with Gasteiger partial charge in [-0.2, -0.15) is 0 Å². The number of rotatable bonds is 1. The van der Waals surface area contributed by atoms with Crippen molar-refractivity contribution in [2.24, 2.45) is 22.7 Å². The van der Waals surface area contributed by atoms with Crippen LogP contribution in [0, 0.1) is 22.7 Å². The Labute approximate surface area is 171 Å². The third-order valence-electron chi connectivity index (χ3n) is 8.96. The quantitative estimate of drug-likeness (QED) is 0.237. The minimum Gasteiger partial charge on any atom is -0.460 e. The van der Waals surface area contributed by atoms with Crippen molar-refractivity contribution in [2.45, 2.75) is 62.0 Å². The lowest BCUT2D eigenvalue weighted by Gasteiger charge is -2.70. The molecule has 166 valence electrons. The zero-order valence-corrected chi connectivity index (χ0v) is 16.6. The van der Waals surface area contributed by atoms with Crippen LogP contribution in [0.1, 0.15) is 20.3 Å². The second-order valence-corrected chi connectivity index (χ2v) is 9.73. The number of carbonyl (C=O) groups is 2. The maximum atomic E-state index is 12.6. The van der Waals surface area contributed by atoms with Gasteiger partial charge in [0, 0.05) is 11.3 Å². The van der Waals surface area contributed by atoms with Crippen molar-refractivity contribution in [3.05, 3.63) is 11.6 Å². The second kappa shape index (κ2) is 5.69. The monoisotopic (exact) mass is 426 g/mol. The Kier molecular flexibility index (Phi) is 3.89. The van der Waals surface area contributed by atoms with Crippen molar-refractivity contribution in [2.75, 3.05) is 13.2 Å². The van der Waals surface area contributed by atoms with Crippen LogP contribution >= 0.6 is 0 Å². The van der Waals surface area contributed by atoms with Gasteiger partial charge in [-0.15, -0.1) is 0 Å². The molecule has 0 amide bonds. The molecule has 5 aliphatic rings. The van der Waals surface area contributed by atoms with Gasteiger partial charge in [0.1, 0.15) is 23.9 Å². The number of hydrogen-bond donors (Lipinski definition) is 6. The molecule has 30 heavy (non-hydrogen) atoms. The van der Waals surface area contributed by atoms with Gasteiger partial charge in [0.2, 0.25) is 0 Å². The topological polar surface area (TPSA) is 174 Å². The standard InChI is InChI=1S/C20H26O10/c1-7-3-9(22)13(24)17(2)8(7)4-10-18-6-29-19(5-21,14(25)11(23)12(17)18)20(18,28)15(26)16(27)30-10/h3,8,10-15,21,23-26,28H,4-6H2,1-2H3/t8-,10+,11?,12+,13+,14?,15-,17-,18+,19?,20-/m0/s1. The van der Waals surface area contributed by atoms with E-state index in [1.54, 1.807) is 13.8 Å². The number of allylic oxidation sites excluding steroid dienone is 1. The molecular weight excluding hydrogens is 400 g/mol. The summed E-state index contributed by atoms with van der Waals surface area (Å²) >= 11 is 0. The first-order chi connectivity index (χ1) is 13.9. The predicted octanol–water partition coefficient (Wildman–Crippen LogP) is -2.98. The van der Waals surface area contributed by atoms with Gasteiger partial charge in [0.05, 0.1) is 24.7 Å². The van der Waals surface area contributed by atoms with E-state index in [1.165, 1.54) is 6.08 Å². The molecule has 4 fully saturated rings. The third-order valence-corrected chi connectivity index (χ3v) is 8.96. The summed E-state index contributed by atoms with van der Waals surface area (Å²) < 4.78 is 11.2. The largest absolute Gasteiger partial charge is 0.460 e. The number of aliphatic hydroxyl groups excluding tert-OH is 5. The van der Waals surface area contributed by atoms with Crippen LogP contribution in [0.4, 0.5) is 0 Å². The predicted molar refractivity (Wildman–Crippen MR) is 95.5 cm³/mol. The summed E-state index contributed by atoms with van der Waals surface area (Å²) in [6.07, 6.45) is -6.90. The number of hydrogen-bond acceptors (Lipinski definition) is 10. The molecule has 2 aliphatic heterocycles. The van der Waals surface area contributed by atoms with Crippen LogP contribution in [-0.2, 0) is 19.1 Å². The average molecular weight is 426 g/mol. The zero-order chi connectivity index (χ0) is 22.0. The van der Waals surface area contributed by atoms with E-state index in [0.717, 1.165) is 0 Å². The van der Waals surface area contributed by atoms with Gasteiger partial charge in [-0.25, -0.2) is 4.79 Å². The molecule has 6 N–H and O–H groups in total. The Bertz CT molecular complexity index is 872. The SMILES string of the molecule is CC1=CC(=O)[C@@H](O)[C@]2(C)[C@H]3C(O)C(O)C4(CO)OC[C@@]35[C@@H](C[C@@H]12)OC(=O)[C@H](O)[C@@]45O. The van der Waals surface area contributed by atoms with Crippen LogP contribution in [0.25, 0.3) is 0 Å². The number of fused-ring (bicyclic) bond motifs is 2. The zero-order valence-electron chi connectivity index (χ0n) is 16.6. The molecule has 2 saturated heterocycles. The van der Waals surface area contributed by atoms with E-state index in [2.05, 4.69) is 0 Å². The molecule has 0 radical (unpaired) electrons. The molecule has 0 aromatic rings. The third kappa shape index (κ3) is 1.72. The number of aliphatic hydroxyl groups is 6. The maximum absolute atomic E-state index is 12.6. The lowest BCUT2D eigenvalue weighted by molar-refractivity contribution is -0.357. The highest BCUT2D eigenvalue weighted by Crippen LogP contribution is 2.73. The highest BCUT2D eigenvalue weighted by atomic mass is 16.6. The summed E-state index contributed by atoms with van der Waals surface area (Å²) in [5.74, 6) is -3.40. The van der Waals surface area contributed by atoms with Gasteiger partial charge in [-0.05, 0) is 25.3 Å². The molecule has 10 nitrogen and oxygen atoms in total. The lowest BCUT2D eigenvalue weighted by Crippen LogP contribution is -2.87. The van der Waals surface area contributed by atoms with Crippen molar-refractivity contribution >= 4 is 11.8 Å². The number of esters is 1. The highest BCUT2D eigenvalue weighted by Gasteiger charge is 2.89. The fourth-order valence-corrected chi connectivity index (χ4v) is 7.64. The summed E-state index contributed by atoms with van der Waals surface area (Å²) in [6, 6.07) is 0. The van der Waals surface area contributed by atoms with Crippen molar-refractivity contribution < 1.29 is 49.7 Å². The molecule has 5 rings (SSSR count). The summed E-state index contributed by atoms with van der Waals surface area (Å²) in [5.41, 5.74) is -7.15. The molecule has 10 heteroatoms. The van der Waals surface area contributed by atoms with Gasteiger partial charge < -0.3 is 40.1 Å². The van der Waals surface area contributed by atoms with Crippen molar-refractivity contribution in [3.63, 3.8) is 0 Å². The first-order valence-corrected chi connectivity index (χ1v) is 10.1. The van der Waals surface area contributed by atoms with Crippen LogP contribution in [0.3, 0.4) is 0 Å². The fraction of sp³-hybridized carbons (Fsp3) is 0.800. The Morgan fingerprint density at radius 2 is 1.83 bits per heavy atom. The van der Waals surface area contributed by atoms with Gasteiger partial charge in [0.15, 0.2) is 17.5 Å². The van der Waals surface area contributed by atoms with Gasteiger partial charge >= 0.3 is 5.97 Å². The second-order valence-electron chi connectivity index (χ2n) is 9.73. The fourth-order valence-electron chi connectivity index (χ4n) is 7.64. The number of ketones is 1. The maximum Gasteiger partial charge on any atom is 0.338 e. The van der Waals surface area contributed by atoms with E-state index in [-0.39, 0.29) is 13.0 Å². The van der Waals surface area contributed by atoms with Crippen molar-refractivity contribution in [1.82, 2.24) is 0 Å². The molecule has 3 unspecified atom stereocenters. The summed E-state index contributed by atoms with van der Waals surface area (Å²) in [4.78, 5) is 25.1. The summed E-state index contributed by atoms with van der Waals surface area (Å²) in [5, 5.41) is 66.0. The van der Waals surface area contributed by atoms with Crippen LogP contribution in [-0.4, -0.2) is 97.3 Å². The lowest BCUT2D eigenvalue weighted by atomic mass is 9.36. The van der Waals surface area contributed by atoms with Crippen LogP contribution in [0.5, 0.6) is 0 Å². The van der Waals surface area contributed by atoms with E-state index >= 15 is 0 Å². The van der Waals surface area contributed by atoms with Crippen molar-refractivity contribution in [1.29, 1.82) is 0 Å². The van der Waals surface area contributed by atoms with Gasteiger partial charge in [-0.1, -0.05) is 12.5 Å². The van der Waals surface area contributed by atoms with Gasteiger partial charge in [0.25, 0.3) is 0 Å². The van der Waals surface area contributed by atoms with Gasteiger partial charge in [-0.3, -0.25) is 4.79 Å². The number of ether oxygens (including phenoxy) is 2. The summed E-state index contributed by atoms with van der Waals surface area (Å²) in [7, 11) is 0. The molecular formula is C20H26O10. The Hall–Kier alpha value is -1.40. The summed E-state index contributed by atoms with van der Waals surface area (Å²) in [6.45, 7) is 1.96. The first kappa shape index (κ1) is 20.5. The highest BCUT2D eigenvalue weighted by molar-refractivity contribution is 5.96. The Balaban J connectivity index is 1.83. The van der Waals surface area contributed by atoms with E-state index in [1.807, 2.05) is 0 Å². The van der Waals surface area contributed by atoms with E-state index in [0.29, 0.717) is 5.57 Å². The smallest absolute Gasteiger partial charge is 0.338 e. The molecule has 0 aromatic carbocycles. The minimum absolute atomic E-state index is 0.105. The van der Waals surface area contributed by atoms with E-state index in [9.17, 15) is 40.2 Å². The van der Waals surface area contributed by atoms with Crippen LogP contribution < -0.4 is 0 Å². The molecule has 3 aliphatic carbocycles. The normalized spacial score (nSPS) is 59.2. The van der Waals surface area contributed by atoms with Crippen LogP contribution in [0.2, 0.25) is 0 Å². The number of carbonyl (C=O) groups excluding carboxylic acids is 2. The van der Waals surface area contributed by atoms with Crippen LogP contribution in [0.15, 0.2) is 11.6 Å².